The largest absolute Gasteiger partial charge is 0.497 e. The van der Waals surface area contributed by atoms with E-state index in [9.17, 15) is 33.6 Å². The van der Waals surface area contributed by atoms with Crippen molar-refractivity contribution in [1.82, 2.24) is 21.0 Å². The molecule has 0 aliphatic rings. The number of methoxy groups -OCH3 is 1. The van der Waals surface area contributed by atoms with Crippen LogP contribution in [0.1, 0.15) is 107 Å². The predicted octanol–water partition coefficient (Wildman–Crippen LogP) is 7.65. The van der Waals surface area contributed by atoms with E-state index in [2.05, 4.69) is 16.0 Å². The van der Waals surface area contributed by atoms with Gasteiger partial charge in [0.2, 0.25) is 12.3 Å². The van der Waals surface area contributed by atoms with Crippen molar-refractivity contribution in [2.75, 3.05) is 20.4 Å². The van der Waals surface area contributed by atoms with E-state index in [1.165, 1.54) is 31.4 Å². The van der Waals surface area contributed by atoms with E-state index in [1.807, 2.05) is 19.1 Å². The third-order valence-corrected chi connectivity index (χ3v) is 11.2. The molecule has 3 N–H and O–H groups in total. The van der Waals surface area contributed by atoms with Gasteiger partial charge in [0.1, 0.15) is 36.5 Å². The van der Waals surface area contributed by atoms with Crippen molar-refractivity contribution in [1.29, 1.82) is 0 Å². The fourth-order valence-corrected chi connectivity index (χ4v) is 7.46. The second kappa shape index (κ2) is 27.1. The number of hydroxylamine groups is 2. The average molecular weight is 961 g/mol. The minimum Gasteiger partial charge on any atom is -0.497 e. The lowest BCUT2D eigenvalue weighted by Crippen LogP contribution is -2.49. The Morgan fingerprint density at radius 2 is 1.44 bits per heavy atom. The van der Waals surface area contributed by atoms with E-state index < -0.39 is 60.1 Å². The highest BCUT2D eigenvalue weighted by atomic mass is 16.7. The molecular weight excluding hydrogens is 901 g/mol. The summed E-state index contributed by atoms with van der Waals surface area (Å²) in [6, 6.07) is 28.1. The zero-order valence-corrected chi connectivity index (χ0v) is 40.0. The third-order valence-electron chi connectivity index (χ3n) is 11.2. The van der Waals surface area contributed by atoms with Gasteiger partial charge in [0, 0.05) is 5.56 Å². The van der Waals surface area contributed by atoms with Gasteiger partial charge in [-0.1, -0.05) is 99.8 Å². The van der Waals surface area contributed by atoms with Gasteiger partial charge in [-0.15, -0.1) is 0 Å². The number of nitrogens with zero attached hydrogens (tertiary/aromatic N) is 1. The first-order chi connectivity index (χ1) is 33.9. The predicted molar refractivity (Wildman–Crippen MR) is 257 cm³/mol. The second-order valence-corrected chi connectivity index (χ2v) is 16.1. The van der Waals surface area contributed by atoms with Crippen molar-refractivity contribution >= 4 is 42.0 Å². The van der Waals surface area contributed by atoms with Crippen molar-refractivity contribution in [2.45, 2.75) is 91.5 Å². The minimum absolute atomic E-state index is 0.0298. The molecule has 5 rings (SSSR count). The van der Waals surface area contributed by atoms with Crippen molar-refractivity contribution < 1.29 is 61.8 Å². The van der Waals surface area contributed by atoms with Crippen molar-refractivity contribution in [3.8, 4) is 22.8 Å². The number of unbranched alkanes of at least 4 members (excludes halogenated alkanes) is 2. The van der Waals surface area contributed by atoms with E-state index in [4.69, 9.17) is 28.2 Å². The Balaban J connectivity index is 1.23. The summed E-state index contributed by atoms with van der Waals surface area (Å²) in [6.45, 7) is 6.99. The summed E-state index contributed by atoms with van der Waals surface area (Å²) in [5.41, 5.74) is 2.75. The summed E-state index contributed by atoms with van der Waals surface area (Å²) in [6.07, 6.45) is 2.92. The maximum atomic E-state index is 13.8. The molecule has 70 heavy (non-hydrogen) atoms. The van der Waals surface area contributed by atoms with E-state index in [0.717, 1.165) is 23.5 Å². The zero-order valence-electron chi connectivity index (χ0n) is 40.0. The number of hydrogen-bond donors (Lipinski definition) is 3. The third kappa shape index (κ3) is 15.3. The summed E-state index contributed by atoms with van der Waals surface area (Å²) in [7, 11) is 1.51. The topological polar surface area (TPSA) is 218 Å². The van der Waals surface area contributed by atoms with Gasteiger partial charge >= 0.3 is 17.9 Å². The van der Waals surface area contributed by atoms with Crippen LogP contribution < -0.4 is 25.4 Å². The Morgan fingerprint density at radius 1 is 0.757 bits per heavy atom. The number of ether oxygens (including phenoxy) is 4. The van der Waals surface area contributed by atoms with Gasteiger partial charge in [-0.05, 0) is 85.8 Å². The minimum atomic E-state index is -1.41. The molecule has 0 fully saturated rings. The normalized spacial score (nSPS) is 12.0. The Morgan fingerprint density at radius 3 is 2.07 bits per heavy atom. The van der Waals surface area contributed by atoms with Crippen LogP contribution in [0, 0.1) is 12.8 Å². The molecule has 17 nitrogen and oxygen atoms in total. The first kappa shape index (κ1) is 53.0. The average Bonchev–Trinajstić information content (AvgIpc) is 3.88. The van der Waals surface area contributed by atoms with Crippen LogP contribution in [-0.2, 0) is 46.7 Å². The van der Waals surface area contributed by atoms with Crippen LogP contribution in [0.15, 0.2) is 114 Å². The van der Waals surface area contributed by atoms with Gasteiger partial charge in [-0.2, -0.15) is 5.06 Å². The van der Waals surface area contributed by atoms with E-state index in [-0.39, 0.29) is 61.3 Å². The number of carbonyl (C=O) groups is 7. The molecule has 4 aromatic carbocycles. The Labute approximate surface area is 407 Å². The molecule has 4 amide bonds. The number of amides is 4. The molecule has 3 atom stereocenters. The lowest BCUT2D eigenvalue weighted by atomic mass is 9.90. The molecule has 17 heteroatoms. The lowest BCUT2D eigenvalue weighted by Gasteiger charge is -2.32. The number of esters is 2. The van der Waals surface area contributed by atoms with Crippen molar-refractivity contribution in [3.63, 3.8) is 0 Å². The lowest BCUT2D eigenvalue weighted by molar-refractivity contribution is -0.171. The number of aryl methyl sites for hydroxylation is 1. The smallest absolute Gasteiger partial charge is 0.363 e. The quantitative estimate of drug-likeness (QED) is 0.0152. The van der Waals surface area contributed by atoms with Crippen LogP contribution in [0.3, 0.4) is 0 Å². The van der Waals surface area contributed by atoms with Crippen molar-refractivity contribution in [2.24, 2.45) is 5.92 Å². The first-order valence-corrected chi connectivity index (χ1v) is 23.1. The second-order valence-electron chi connectivity index (χ2n) is 16.1. The number of furan rings is 1. The zero-order chi connectivity index (χ0) is 50.4. The van der Waals surface area contributed by atoms with E-state index in [1.54, 1.807) is 93.6 Å². The van der Waals surface area contributed by atoms with Crippen LogP contribution in [0.2, 0.25) is 0 Å². The van der Waals surface area contributed by atoms with Gasteiger partial charge in [0.05, 0.1) is 49.9 Å². The Kier molecular flexibility index (Phi) is 20.6. The molecule has 5 aromatic rings. The SMILES string of the molecule is CCCCCC(C(=O)NCNC(=O)c1ccc(-c2ccc(C(=O)NC(CC(=O)OCc3ccccc3)C(=O)OCc3ccccc3)c(OCC)c2)o1)[C@@H](CC)N(C=O)OC(=O)c1ccc(OC)cc1C. The molecule has 370 valence electrons. The summed E-state index contributed by atoms with van der Waals surface area (Å²) in [4.78, 5) is 98.3. The van der Waals surface area contributed by atoms with Crippen molar-refractivity contribution in [3.05, 3.63) is 143 Å². The number of carbonyl (C=O) groups excluding carboxylic acids is 7. The molecule has 1 heterocycles. The monoisotopic (exact) mass is 960 g/mol. The summed E-state index contributed by atoms with van der Waals surface area (Å²) < 4.78 is 27.9. The molecular formula is C53H60N4O13. The number of nitrogens with one attached hydrogen (secondary N) is 3. The molecule has 0 radical (unpaired) electrons. The molecule has 0 saturated heterocycles. The highest BCUT2D eigenvalue weighted by Gasteiger charge is 2.34. The van der Waals surface area contributed by atoms with Gasteiger partial charge in [0.15, 0.2) is 5.76 Å². The summed E-state index contributed by atoms with van der Waals surface area (Å²) in [5, 5.41) is 8.85. The standard InChI is InChI=1S/C53H60N4O13/c1-6-9-12-21-41(44(7-2)57(34-58)70-52(63)40-25-23-39(65-5)28-35(40)4)49(60)54-33-55-51(62)46-27-26-45(69-46)38-22-24-42(47(29-38)66-8-3)50(61)56-43(53(64)68-32-37-19-15-11-16-20-37)30-48(59)67-31-36-17-13-10-14-18-36/h10-11,13-20,22-29,34,41,43-44H,6-9,12,21,30-33H2,1-5H3,(H,54,60)(H,55,62)(H,56,61)/t41?,43?,44-/m1/s1. The molecule has 2 unspecified atom stereocenters. The van der Waals surface area contributed by atoms with Crippen LogP contribution in [0.5, 0.6) is 11.5 Å². The van der Waals surface area contributed by atoms with Gasteiger partial charge in [-0.25, -0.2) is 9.59 Å². The number of benzene rings is 4. The number of hydrogen-bond acceptors (Lipinski definition) is 13. The molecule has 0 saturated carbocycles. The Hall–Kier alpha value is -7.95. The molecule has 0 aliphatic heterocycles. The Bertz CT molecular complexity index is 2550. The number of rotatable bonds is 27. The molecule has 0 aliphatic carbocycles. The first-order valence-electron chi connectivity index (χ1n) is 23.1. The van der Waals surface area contributed by atoms with Crippen LogP contribution >= 0.6 is 0 Å². The summed E-state index contributed by atoms with van der Waals surface area (Å²) >= 11 is 0. The van der Waals surface area contributed by atoms with E-state index >= 15 is 0 Å². The van der Waals surface area contributed by atoms with E-state index in [0.29, 0.717) is 41.7 Å². The molecule has 1 aromatic heterocycles. The molecule has 0 bridgehead atoms. The maximum Gasteiger partial charge on any atom is 0.363 e. The van der Waals surface area contributed by atoms with Crippen LogP contribution in [-0.4, -0.2) is 79.6 Å². The molecule has 0 spiro atoms. The van der Waals surface area contributed by atoms with Crippen LogP contribution in [0.25, 0.3) is 11.3 Å². The maximum absolute atomic E-state index is 13.8. The van der Waals surface area contributed by atoms with Crippen LogP contribution in [0.4, 0.5) is 0 Å². The fourth-order valence-electron chi connectivity index (χ4n) is 7.46. The van der Waals surface area contributed by atoms with Gasteiger partial charge in [0.25, 0.3) is 11.8 Å². The highest BCUT2D eigenvalue weighted by molar-refractivity contribution is 6.00. The van der Waals surface area contributed by atoms with Gasteiger partial charge < -0.3 is 44.2 Å². The van der Waals surface area contributed by atoms with Gasteiger partial charge in [-0.3, -0.25) is 24.0 Å². The summed E-state index contributed by atoms with van der Waals surface area (Å²) in [5.74, 6) is -4.11. The highest BCUT2D eigenvalue weighted by Crippen LogP contribution is 2.30. The fraction of sp³-hybridized carbons (Fsp3) is 0.340.